The molecule has 0 unspecified atom stereocenters. The Labute approximate surface area is 190 Å². The van der Waals surface area contributed by atoms with Gasteiger partial charge in [-0.1, -0.05) is 71.9 Å². The van der Waals surface area contributed by atoms with Gasteiger partial charge >= 0.3 is 6.03 Å². The lowest BCUT2D eigenvalue weighted by molar-refractivity contribution is 0.262. The van der Waals surface area contributed by atoms with Crippen LogP contribution < -0.4 is 10.6 Å². The van der Waals surface area contributed by atoms with Gasteiger partial charge in [-0.25, -0.2) is 9.78 Å². The van der Waals surface area contributed by atoms with E-state index in [4.69, 9.17) is 0 Å². The Morgan fingerprint density at radius 3 is 2.41 bits per heavy atom. The Hall–Kier alpha value is -3.77. The Bertz CT molecular complexity index is 1410. The molecule has 1 aromatic heterocycles. The van der Waals surface area contributed by atoms with Crippen molar-refractivity contribution in [3.8, 4) is 0 Å². The highest BCUT2D eigenvalue weighted by Crippen LogP contribution is 2.25. The Balaban J connectivity index is 1.24. The highest BCUT2D eigenvalue weighted by molar-refractivity contribution is 7.98. The van der Waals surface area contributed by atoms with Crippen LogP contribution >= 0.6 is 11.8 Å². The van der Waals surface area contributed by atoms with Gasteiger partial charge < -0.3 is 15.6 Å². The normalized spacial score (nSPS) is 11.0. The molecule has 0 saturated carbocycles. The van der Waals surface area contributed by atoms with Crippen LogP contribution in [0.3, 0.4) is 0 Å². The number of fused-ring (bicyclic) bond motifs is 2. The Morgan fingerprint density at radius 2 is 1.59 bits per heavy atom. The number of nitrogens with one attached hydrogen (secondary N) is 3. The highest BCUT2D eigenvalue weighted by Gasteiger charge is 2.08. The molecule has 0 aliphatic rings. The molecule has 0 radical (unpaired) electrons. The molecule has 0 spiro atoms. The summed E-state index contributed by atoms with van der Waals surface area (Å²) in [6.45, 7) is 2.09. The van der Waals surface area contributed by atoms with E-state index >= 15 is 0 Å². The zero-order chi connectivity index (χ0) is 21.9. The molecule has 0 saturated heterocycles. The summed E-state index contributed by atoms with van der Waals surface area (Å²) < 4.78 is 0. The maximum absolute atomic E-state index is 12.5. The van der Waals surface area contributed by atoms with Crippen molar-refractivity contribution in [1.29, 1.82) is 0 Å². The number of H-pyrrole nitrogens is 1. The largest absolute Gasteiger partial charge is 0.333 e. The molecule has 5 aromatic rings. The van der Waals surface area contributed by atoms with E-state index in [0.717, 1.165) is 38.4 Å². The fraction of sp³-hybridized carbons (Fsp3) is 0.0769. The molecule has 5 rings (SSSR count). The summed E-state index contributed by atoms with van der Waals surface area (Å²) in [6.07, 6.45) is 0. The van der Waals surface area contributed by atoms with E-state index < -0.39 is 0 Å². The number of anilines is 2. The molecule has 1 heterocycles. The van der Waals surface area contributed by atoms with Crippen molar-refractivity contribution in [3.63, 3.8) is 0 Å². The standard InChI is InChI=1S/C26H22N4OS/c1-17-6-8-18(9-7-17)16-32-26-29-23-13-12-22(15-24(23)30-26)28-25(31)27-21-11-10-19-4-2-3-5-20(19)14-21/h2-15H,16H2,1H3,(H,29,30)(H2,27,28,31). The number of hydrogen-bond donors (Lipinski definition) is 3. The van der Waals surface area contributed by atoms with E-state index in [0.29, 0.717) is 5.69 Å². The predicted molar refractivity (Wildman–Crippen MR) is 133 cm³/mol. The number of aromatic nitrogens is 2. The monoisotopic (exact) mass is 438 g/mol. The lowest BCUT2D eigenvalue weighted by Crippen LogP contribution is -2.19. The molecule has 5 nitrogen and oxygen atoms in total. The third-order valence-electron chi connectivity index (χ3n) is 5.22. The van der Waals surface area contributed by atoms with Gasteiger partial charge in [-0.05, 0) is 53.6 Å². The minimum atomic E-state index is -0.284. The second-order valence-electron chi connectivity index (χ2n) is 7.69. The number of aromatic amines is 1. The maximum atomic E-state index is 12.5. The lowest BCUT2D eigenvalue weighted by Gasteiger charge is -2.08. The quantitative estimate of drug-likeness (QED) is 0.260. The van der Waals surface area contributed by atoms with Crippen molar-refractivity contribution in [2.45, 2.75) is 17.8 Å². The first-order valence-electron chi connectivity index (χ1n) is 10.4. The van der Waals surface area contributed by atoms with Crippen LogP contribution in [0.1, 0.15) is 11.1 Å². The van der Waals surface area contributed by atoms with Crippen LogP contribution in [0.25, 0.3) is 21.8 Å². The van der Waals surface area contributed by atoms with Gasteiger partial charge in [-0.15, -0.1) is 0 Å². The highest BCUT2D eigenvalue weighted by atomic mass is 32.2. The van der Waals surface area contributed by atoms with Gasteiger partial charge in [0.05, 0.1) is 11.0 Å². The van der Waals surface area contributed by atoms with Crippen LogP contribution in [0.2, 0.25) is 0 Å². The first kappa shape index (κ1) is 20.2. The molecule has 2 amide bonds. The fourth-order valence-electron chi connectivity index (χ4n) is 3.53. The number of thioether (sulfide) groups is 1. The molecule has 32 heavy (non-hydrogen) atoms. The second-order valence-corrected chi connectivity index (χ2v) is 8.65. The molecule has 158 valence electrons. The number of carbonyl (C=O) groups is 1. The number of amides is 2. The minimum Gasteiger partial charge on any atom is -0.333 e. The van der Waals surface area contributed by atoms with Crippen LogP contribution in [0, 0.1) is 6.92 Å². The number of aryl methyl sites for hydroxylation is 1. The summed E-state index contributed by atoms with van der Waals surface area (Å²) in [5, 5.41) is 8.88. The molecule has 0 bridgehead atoms. The van der Waals surface area contributed by atoms with Crippen molar-refractivity contribution in [2.75, 3.05) is 10.6 Å². The minimum absolute atomic E-state index is 0.284. The molecule has 0 atom stereocenters. The number of hydrogen-bond acceptors (Lipinski definition) is 3. The summed E-state index contributed by atoms with van der Waals surface area (Å²) in [5.41, 5.74) is 5.73. The van der Waals surface area contributed by atoms with Gasteiger partial charge in [0.15, 0.2) is 5.16 Å². The SMILES string of the molecule is Cc1ccc(CSc2nc3ccc(NC(=O)Nc4ccc5ccccc5c4)cc3[nH]2)cc1. The number of urea groups is 1. The molecular formula is C26H22N4OS. The van der Waals surface area contributed by atoms with Gasteiger partial charge in [0, 0.05) is 17.1 Å². The molecule has 0 aliphatic heterocycles. The average Bonchev–Trinajstić information content (AvgIpc) is 3.21. The Kier molecular flexibility index (Phi) is 5.52. The van der Waals surface area contributed by atoms with Crippen LogP contribution in [-0.2, 0) is 5.75 Å². The van der Waals surface area contributed by atoms with Gasteiger partial charge in [0.2, 0.25) is 0 Å². The van der Waals surface area contributed by atoms with Gasteiger partial charge in [-0.3, -0.25) is 0 Å². The van der Waals surface area contributed by atoms with E-state index in [1.54, 1.807) is 11.8 Å². The first-order valence-corrected chi connectivity index (χ1v) is 11.4. The number of benzene rings is 4. The fourth-order valence-corrected chi connectivity index (χ4v) is 4.37. The predicted octanol–water partition coefficient (Wildman–Crippen LogP) is 6.96. The first-order chi connectivity index (χ1) is 15.6. The summed E-state index contributed by atoms with van der Waals surface area (Å²) in [7, 11) is 0. The number of nitrogens with zero attached hydrogens (tertiary/aromatic N) is 1. The summed E-state index contributed by atoms with van der Waals surface area (Å²) in [4.78, 5) is 20.5. The van der Waals surface area contributed by atoms with Crippen LogP contribution in [0.4, 0.5) is 16.2 Å². The van der Waals surface area contributed by atoms with Gasteiger partial charge in [0.1, 0.15) is 0 Å². The smallest absolute Gasteiger partial charge is 0.323 e. The molecule has 0 aliphatic carbocycles. The van der Waals surface area contributed by atoms with Crippen LogP contribution in [-0.4, -0.2) is 16.0 Å². The number of rotatable bonds is 5. The zero-order valence-electron chi connectivity index (χ0n) is 17.6. The van der Waals surface area contributed by atoms with Crippen molar-refractivity contribution >= 4 is 51.0 Å². The summed E-state index contributed by atoms with van der Waals surface area (Å²) >= 11 is 1.66. The van der Waals surface area contributed by atoms with E-state index in [-0.39, 0.29) is 6.03 Å². The molecule has 3 N–H and O–H groups in total. The molecule has 6 heteroatoms. The third-order valence-corrected chi connectivity index (χ3v) is 6.17. The summed E-state index contributed by atoms with van der Waals surface area (Å²) in [5.74, 6) is 0.847. The second kappa shape index (κ2) is 8.77. The Morgan fingerprint density at radius 1 is 0.875 bits per heavy atom. The zero-order valence-corrected chi connectivity index (χ0v) is 18.4. The number of carbonyl (C=O) groups excluding carboxylic acids is 1. The van der Waals surface area contributed by atoms with Crippen LogP contribution in [0.15, 0.2) is 90.1 Å². The van der Waals surface area contributed by atoms with Crippen molar-refractivity contribution in [1.82, 2.24) is 9.97 Å². The molecular weight excluding hydrogens is 416 g/mol. The van der Waals surface area contributed by atoms with E-state index in [9.17, 15) is 4.79 Å². The third kappa shape index (κ3) is 4.60. The van der Waals surface area contributed by atoms with E-state index in [2.05, 4.69) is 51.8 Å². The van der Waals surface area contributed by atoms with E-state index in [1.807, 2.05) is 60.7 Å². The summed E-state index contributed by atoms with van der Waals surface area (Å²) in [6, 6.07) is 27.8. The van der Waals surface area contributed by atoms with Crippen molar-refractivity contribution in [2.24, 2.45) is 0 Å². The molecule has 0 fully saturated rings. The lowest BCUT2D eigenvalue weighted by atomic mass is 10.1. The van der Waals surface area contributed by atoms with E-state index in [1.165, 1.54) is 11.1 Å². The number of imidazole rings is 1. The van der Waals surface area contributed by atoms with Crippen molar-refractivity contribution in [3.05, 3.63) is 96.1 Å². The molecule has 4 aromatic carbocycles. The van der Waals surface area contributed by atoms with Crippen LogP contribution in [0.5, 0.6) is 0 Å². The van der Waals surface area contributed by atoms with Gasteiger partial charge in [-0.2, -0.15) is 0 Å². The van der Waals surface area contributed by atoms with Crippen molar-refractivity contribution < 1.29 is 4.79 Å². The average molecular weight is 439 g/mol. The van der Waals surface area contributed by atoms with Gasteiger partial charge in [0.25, 0.3) is 0 Å². The topological polar surface area (TPSA) is 69.8 Å². The maximum Gasteiger partial charge on any atom is 0.323 e.